The number of nitrogens with two attached hydrogens (primary N) is 1. The summed E-state index contributed by atoms with van der Waals surface area (Å²) in [6.45, 7) is 0.809. The third kappa shape index (κ3) is 2.93. The summed E-state index contributed by atoms with van der Waals surface area (Å²) in [5.41, 5.74) is 5.40. The average molecular weight is 234 g/mol. The third-order valence-electron chi connectivity index (χ3n) is 1.55. The number of halogens is 1. The number of thiophene rings is 1. The molecule has 0 amide bonds. The van der Waals surface area contributed by atoms with Crippen molar-refractivity contribution in [2.24, 2.45) is 5.73 Å². The van der Waals surface area contributed by atoms with Gasteiger partial charge in [0.1, 0.15) is 0 Å². The molecule has 1 nitrogen and oxygen atoms in total. The molecule has 11 heavy (non-hydrogen) atoms. The van der Waals surface area contributed by atoms with Gasteiger partial charge in [0, 0.05) is 9.35 Å². The van der Waals surface area contributed by atoms with Gasteiger partial charge in [0.15, 0.2) is 0 Å². The zero-order valence-electron chi connectivity index (χ0n) is 6.35. The highest BCUT2D eigenvalue weighted by Crippen LogP contribution is 2.23. The van der Waals surface area contributed by atoms with E-state index in [0.29, 0.717) is 0 Å². The van der Waals surface area contributed by atoms with Gasteiger partial charge in [-0.3, -0.25) is 0 Å². The highest BCUT2D eigenvalue weighted by molar-refractivity contribution is 9.10. The number of hydrogen-bond donors (Lipinski definition) is 1. The molecule has 1 aromatic heterocycles. The van der Waals surface area contributed by atoms with Crippen LogP contribution >= 0.6 is 27.3 Å². The molecule has 0 aliphatic carbocycles. The summed E-state index contributed by atoms with van der Waals surface area (Å²) in [5, 5.41) is 2.11. The van der Waals surface area contributed by atoms with Gasteiger partial charge in [-0.25, -0.2) is 0 Å². The second-order valence-electron chi connectivity index (χ2n) is 2.44. The second kappa shape index (κ2) is 4.91. The van der Waals surface area contributed by atoms with E-state index in [-0.39, 0.29) is 0 Å². The molecule has 1 rings (SSSR count). The van der Waals surface area contributed by atoms with Gasteiger partial charge < -0.3 is 5.73 Å². The predicted molar refractivity (Wildman–Crippen MR) is 54.0 cm³/mol. The Labute approximate surface area is 79.7 Å². The van der Waals surface area contributed by atoms with E-state index in [2.05, 4.69) is 27.4 Å². The zero-order valence-corrected chi connectivity index (χ0v) is 8.75. The maximum atomic E-state index is 5.40. The van der Waals surface area contributed by atoms with Gasteiger partial charge in [-0.05, 0) is 53.2 Å². The molecule has 62 valence electrons. The van der Waals surface area contributed by atoms with Gasteiger partial charge in [-0.1, -0.05) is 0 Å². The fourth-order valence-electron chi connectivity index (χ4n) is 0.933. The van der Waals surface area contributed by atoms with E-state index in [1.54, 1.807) is 0 Å². The molecule has 1 aromatic rings. The lowest BCUT2D eigenvalue weighted by Gasteiger charge is -1.96. The maximum Gasteiger partial charge on any atom is 0.0314 e. The number of unbranched alkanes of at least 4 members (excludes halogenated alkanes) is 1. The van der Waals surface area contributed by atoms with Crippen molar-refractivity contribution in [1.29, 1.82) is 0 Å². The van der Waals surface area contributed by atoms with Gasteiger partial charge in [0.05, 0.1) is 0 Å². The van der Waals surface area contributed by atoms with Crippen molar-refractivity contribution in [1.82, 2.24) is 0 Å². The van der Waals surface area contributed by atoms with E-state index < -0.39 is 0 Å². The van der Waals surface area contributed by atoms with E-state index >= 15 is 0 Å². The highest BCUT2D eigenvalue weighted by Gasteiger charge is 1.99. The Morgan fingerprint density at radius 2 is 2.27 bits per heavy atom. The monoisotopic (exact) mass is 233 g/mol. The Hall–Kier alpha value is 0.140. The minimum absolute atomic E-state index is 0.809. The van der Waals surface area contributed by atoms with Crippen molar-refractivity contribution in [2.45, 2.75) is 19.3 Å². The number of rotatable bonds is 4. The van der Waals surface area contributed by atoms with E-state index in [0.717, 1.165) is 19.4 Å². The maximum absolute atomic E-state index is 5.40. The molecular weight excluding hydrogens is 222 g/mol. The smallest absolute Gasteiger partial charge is 0.0314 e. The minimum atomic E-state index is 0.809. The molecule has 3 heteroatoms. The summed E-state index contributed by atoms with van der Waals surface area (Å²) in [6.07, 6.45) is 3.50. The predicted octanol–water partition coefficient (Wildman–Crippen LogP) is 2.79. The molecule has 0 atom stereocenters. The van der Waals surface area contributed by atoms with E-state index in [1.807, 2.05) is 11.3 Å². The van der Waals surface area contributed by atoms with Gasteiger partial charge in [0.2, 0.25) is 0 Å². The van der Waals surface area contributed by atoms with Crippen molar-refractivity contribution in [3.8, 4) is 0 Å². The summed E-state index contributed by atoms with van der Waals surface area (Å²) in [5.74, 6) is 0. The molecule has 2 N–H and O–H groups in total. The lowest BCUT2D eigenvalue weighted by Crippen LogP contribution is -1.98. The largest absolute Gasteiger partial charge is 0.330 e. The van der Waals surface area contributed by atoms with Crippen molar-refractivity contribution >= 4 is 27.3 Å². The highest BCUT2D eigenvalue weighted by atomic mass is 79.9. The van der Waals surface area contributed by atoms with Crippen LogP contribution in [0.5, 0.6) is 0 Å². The lowest BCUT2D eigenvalue weighted by atomic mass is 10.2. The topological polar surface area (TPSA) is 26.0 Å². The SMILES string of the molecule is NCCCCc1sccc1Br. The Bertz CT molecular complexity index is 210. The molecule has 0 saturated heterocycles. The van der Waals surface area contributed by atoms with E-state index in [1.165, 1.54) is 15.8 Å². The molecular formula is C8H12BrNS. The second-order valence-corrected chi connectivity index (χ2v) is 4.29. The van der Waals surface area contributed by atoms with Crippen LogP contribution in [0.1, 0.15) is 17.7 Å². The Balaban J connectivity index is 2.32. The molecule has 1 heterocycles. The Morgan fingerprint density at radius 3 is 2.82 bits per heavy atom. The zero-order chi connectivity index (χ0) is 8.10. The minimum Gasteiger partial charge on any atom is -0.330 e. The van der Waals surface area contributed by atoms with Crippen LogP contribution in [0, 0.1) is 0 Å². The molecule has 0 spiro atoms. The normalized spacial score (nSPS) is 10.4. The molecule has 0 aliphatic rings. The molecule has 0 saturated carbocycles. The van der Waals surface area contributed by atoms with Crippen molar-refractivity contribution in [3.05, 3.63) is 20.8 Å². The van der Waals surface area contributed by atoms with Crippen LogP contribution in [0.2, 0.25) is 0 Å². The summed E-state index contributed by atoms with van der Waals surface area (Å²) in [6, 6.07) is 2.10. The van der Waals surface area contributed by atoms with Crippen molar-refractivity contribution in [3.63, 3.8) is 0 Å². The van der Waals surface area contributed by atoms with Crippen LogP contribution in [0.15, 0.2) is 15.9 Å². The molecule has 0 aliphatic heterocycles. The van der Waals surface area contributed by atoms with Crippen LogP contribution in [-0.2, 0) is 6.42 Å². The Kier molecular flexibility index (Phi) is 4.12. The molecule has 0 radical (unpaired) electrons. The first-order valence-electron chi connectivity index (χ1n) is 3.76. The summed E-state index contributed by atoms with van der Waals surface area (Å²) >= 11 is 5.31. The quantitative estimate of drug-likeness (QED) is 0.796. The fourth-order valence-corrected chi connectivity index (χ4v) is 2.53. The first-order chi connectivity index (χ1) is 5.34. The van der Waals surface area contributed by atoms with Gasteiger partial charge in [-0.2, -0.15) is 0 Å². The van der Waals surface area contributed by atoms with Crippen molar-refractivity contribution in [2.75, 3.05) is 6.54 Å². The van der Waals surface area contributed by atoms with Crippen molar-refractivity contribution < 1.29 is 0 Å². The first-order valence-corrected chi connectivity index (χ1v) is 5.44. The standard InChI is InChI=1S/C8H12BrNS/c9-7-4-6-11-8(7)3-1-2-5-10/h4,6H,1-3,5,10H2. The third-order valence-corrected chi connectivity index (χ3v) is 3.54. The van der Waals surface area contributed by atoms with Crippen LogP contribution in [0.4, 0.5) is 0 Å². The van der Waals surface area contributed by atoms with Gasteiger partial charge >= 0.3 is 0 Å². The first kappa shape index (κ1) is 9.23. The fraction of sp³-hybridized carbons (Fsp3) is 0.500. The van der Waals surface area contributed by atoms with Crippen LogP contribution in [-0.4, -0.2) is 6.54 Å². The molecule has 0 fully saturated rings. The summed E-state index contributed by atoms with van der Waals surface area (Å²) < 4.78 is 1.25. The number of aryl methyl sites for hydroxylation is 1. The van der Waals surface area contributed by atoms with Crippen LogP contribution in [0.25, 0.3) is 0 Å². The van der Waals surface area contributed by atoms with Crippen LogP contribution < -0.4 is 5.73 Å². The van der Waals surface area contributed by atoms with E-state index in [9.17, 15) is 0 Å². The van der Waals surface area contributed by atoms with Gasteiger partial charge in [0.25, 0.3) is 0 Å². The summed E-state index contributed by atoms with van der Waals surface area (Å²) in [4.78, 5) is 1.44. The Morgan fingerprint density at radius 1 is 1.45 bits per heavy atom. The molecule has 0 unspecified atom stereocenters. The number of hydrogen-bond acceptors (Lipinski definition) is 2. The van der Waals surface area contributed by atoms with Crippen LogP contribution in [0.3, 0.4) is 0 Å². The summed E-state index contributed by atoms with van der Waals surface area (Å²) in [7, 11) is 0. The van der Waals surface area contributed by atoms with Gasteiger partial charge in [-0.15, -0.1) is 11.3 Å². The molecule has 0 aromatic carbocycles. The average Bonchev–Trinajstić information content (AvgIpc) is 2.37. The van der Waals surface area contributed by atoms with E-state index in [4.69, 9.17) is 5.73 Å². The molecule has 0 bridgehead atoms. The lowest BCUT2D eigenvalue weighted by molar-refractivity contribution is 0.750.